The second kappa shape index (κ2) is 18.9. The van der Waals surface area contributed by atoms with Crippen LogP contribution in [-0.4, -0.2) is 17.7 Å². The van der Waals surface area contributed by atoms with Gasteiger partial charge >= 0.3 is 59.1 Å². The molecule has 120 valence electrons. The van der Waals surface area contributed by atoms with Crippen LogP contribution in [0.25, 0.3) is 0 Å². The molecule has 0 bridgehead atoms. The number of carboxylic acids is 1. The van der Waals surface area contributed by atoms with Crippen LogP contribution in [0.15, 0.2) is 70.9 Å². The van der Waals surface area contributed by atoms with Gasteiger partial charge in [0, 0.05) is 0 Å². The minimum absolute atomic E-state index is 0. The average molecular weight is 347 g/mol. The van der Waals surface area contributed by atoms with Crippen molar-refractivity contribution in [2.45, 2.75) is 27.7 Å². The molecule has 0 rings (SSSR count). The standard InChI is InChI=1S/C18H21O3.2Na.H2O/c1-14(10-7-11-16(3)13-19)8-5-6-9-15(2)12-17(4)18(20)21;;;/h5-12H,1-4H3,(H,20,21);;;1H2/q-1;2*+1;/p-2/b6-5+,10-7+,14-8+,15-9+,16-11+,17-12+;;;. The zero-order valence-electron chi connectivity index (χ0n) is 15.3. The van der Waals surface area contributed by atoms with Crippen molar-refractivity contribution in [3.05, 3.63) is 70.9 Å². The number of rotatable bonds is 7. The van der Waals surface area contributed by atoms with E-state index in [1.54, 1.807) is 31.4 Å². The number of aliphatic carboxylic acids is 1. The molecule has 0 aliphatic rings. The smallest absolute Gasteiger partial charge is 0.870 e. The molecule has 6 heteroatoms. The van der Waals surface area contributed by atoms with Gasteiger partial charge in [-0.05, 0) is 32.6 Å². The molecule has 0 radical (unpaired) electrons. The predicted molar refractivity (Wildman–Crippen MR) is 85.9 cm³/mol. The molecule has 1 N–H and O–H groups in total. The van der Waals surface area contributed by atoms with E-state index in [2.05, 4.69) is 0 Å². The fourth-order valence-corrected chi connectivity index (χ4v) is 1.30. The van der Waals surface area contributed by atoms with Crippen molar-refractivity contribution in [1.82, 2.24) is 0 Å². The Balaban J connectivity index is -0.000000667. The van der Waals surface area contributed by atoms with E-state index in [1.807, 2.05) is 44.2 Å². The van der Waals surface area contributed by atoms with Gasteiger partial charge in [0.15, 0.2) is 0 Å². The molecule has 0 heterocycles. The van der Waals surface area contributed by atoms with E-state index in [9.17, 15) is 14.7 Å². The summed E-state index contributed by atoms with van der Waals surface area (Å²) in [7, 11) is 0. The topological polar surface area (TPSA) is 87.2 Å². The van der Waals surface area contributed by atoms with Gasteiger partial charge in [-0.2, -0.15) is 5.57 Å². The van der Waals surface area contributed by atoms with Gasteiger partial charge in [0.1, 0.15) is 0 Å². The van der Waals surface area contributed by atoms with Crippen molar-refractivity contribution in [2.24, 2.45) is 0 Å². The van der Waals surface area contributed by atoms with Crippen molar-refractivity contribution in [3.63, 3.8) is 0 Å². The molecular formula is C18H21Na2O4-. The van der Waals surface area contributed by atoms with Crippen LogP contribution in [-0.2, 0) is 9.59 Å². The predicted octanol–water partition coefficient (Wildman–Crippen LogP) is -3.43. The van der Waals surface area contributed by atoms with Crippen LogP contribution in [0.4, 0.5) is 0 Å². The largest absolute Gasteiger partial charge is 1.00 e. The zero-order chi connectivity index (χ0) is 16.3. The van der Waals surface area contributed by atoms with Gasteiger partial charge in [-0.15, -0.1) is 6.08 Å². The first-order valence-corrected chi connectivity index (χ1v) is 6.51. The fraction of sp³-hybridized carbons (Fsp3) is 0.222. The third-order valence-corrected chi connectivity index (χ3v) is 2.46. The Kier molecular flexibility index (Phi) is 24.6. The molecule has 0 aromatic carbocycles. The van der Waals surface area contributed by atoms with Gasteiger partial charge in [-0.1, -0.05) is 54.5 Å². The van der Waals surface area contributed by atoms with Crippen LogP contribution in [0.3, 0.4) is 0 Å². The van der Waals surface area contributed by atoms with Gasteiger partial charge in [-0.25, -0.2) is 6.08 Å². The maximum atomic E-state index is 10.6. The average Bonchev–Trinajstić information content (AvgIpc) is 2.43. The van der Waals surface area contributed by atoms with Gasteiger partial charge in [0.2, 0.25) is 0 Å². The third-order valence-electron chi connectivity index (χ3n) is 2.46. The molecule has 0 aromatic rings. The van der Waals surface area contributed by atoms with Gasteiger partial charge < -0.3 is 20.2 Å². The zero-order valence-corrected chi connectivity index (χ0v) is 19.3. The van der Waals surface area contributed by atoms with E-state index in [4.69, 9.17) is 0 Å². The number of carboxylic acid groups (broad SMARTS) is 1. The number of carbonyl (C=O) groups excluding carboxylic acids is 2. The molecule has 0 atom stereocenters. The maximum Gasteiger partial charge on any atom is 1.00 e. The minimum Gasteiger partial charge on any atom is -0.870 e. The number of hydrogen-bond acceptors (Lipinski definition) is 4. The Morgan fingerprint density at radius 1 is 0.875 bits per heavy atom. The molecule has 24 heavy (non-hydrogen) atoms. The summed E-state index contributed by atoms with van der Waals surface area (Å²) in [5.74, 6) is -1.16. The molecule has 0 aliphatic heterocycles. The molecule has 0 fully saturated rings. The molecule has 0 unspecified atom stereocenters. The molecule has 4 nitrogen and oxygen atoms in total. The first-order chi connectivity index (χ1) is 9.86. The first kappa shape index (κ1) is 31.3. The summed E-state index contributed by atoms with van der Waals surface area (Å²) >= 11 is 0. The first-order valence-electron chi connectivity index (χ1n) is 6.51. The summed E-state index contributed by atoms with van der Waals surface area (Å²) in [5, 5.41) is 10.6. The maximum absolute atomic E-state index is 10.6. The van der Waals surface area contributed by atoms with Crippen LogP contribution < -0.4 is 64.2 Å². The summed E-state index contributed by atoms with van der Waals surface area (Å²) < 4.78 is 0. The van der Waals surface area contributed by atoms with E-state index < -0.39 is 5.97 Å². The van der Waals surface area contributed by atoms with Crippen LogP contribution in [0.5, 0.6) is 0 Å². The Hall–Kier alpha value is -0.460. The molecule has 0 aromatic heterocycles. The Morgan fingerprint density at radius 2 is 1.38 bits per heavy atom. The Bertz CT molecular complexity index is 566. The van der Waals surface area contributed by atoms with Crippen molar-refractivity contribution < 1.29 is 79.3 Å². The second-order valence-corrected chi connectivity index (χ2v) is 4.63. The van der Waals surface area contributed by atoms with Crippen molar-refractivity contribution in [3.8, 4) is 0 Å². The summed E-state index contributed by atoms with van der Waals surface area (Å²) in [5.41, 5.74) is 2.59. The van der Waals surface area contributed by atoms with E-state index in [0.29, 0.717) is 5.57 Å². The van der Waals surface area contributed by atoms with E-state index in [0.717, 1.165) is 11.1 Å². The monoisotopic (exact) mass is 347 g/mol. The number of carbonyl (C=O) groups is 1. The molecule has 0 spiro atoms. The molecule has 0 saturated heterocycles. The molecule has 0 amide bonds. The molecular weight excluding hydrogens is 326 g/mol. The van der Waals surface area contributed by atoms with Crippen LogP contribution >= 0.6 is 0 Å². The summed E-state index contributed by atoms with van der Waals surface area (Å²) in [6, 6.07) is 0. The van der Waals surface area contributed by atoms with Crippen LogP contribution in [0, 0.1) is 0 Å². The van der Waals surface area contributed by atoms with Gasteiger partial charge in [-0.3, -0.25) is 0 Å². The fourth-order valence-electron chi connectivity index (χ4n) is 1.30. The summed E-state index contributed by atoms with van der Waals surface area (Å²) in [4.78, 5) is 20.8. The Labute approximate surface area is 188 Å². The number of hydrogen-bond donors (Lipinski definition) is 0. The van der Waals surface area contributed by atoms with Gasteiger partial charge in [0.25, 0.3) is 0 Å². The van der Waals surface area contributed by atoms with Crippen molar-refractivity contribution in [2.75, 3.05) is 0 Å². The SMILES string of the molecule is C\C([C-]=O)=C/C=C/C(C)=C/C=C/C=C(C)/C=C(\C)C(=O)[O-].[Na+].[Na+].[OH-]. The van der Waals surface area contributed by atoms with Crippen LogP contribution in [0.1, 0.15) is 27.7 Å². The molecule has 0 saturated carbocycles. The third kappa shape index (κ3) is 17.9. The van der Waals surface area contributed by atoms with Gasteiger partial charge in [0.05, 0.1) is 5.97 Å². The van der Waals surface area contributed by atoms with E-state index >= 15 is 0 Å². The quantitative estimate of drug-likeness (QED) is 0.208. The summed E-state index contributed by atoms with van der Waals surface area (Å²) in [6.07, 6.45) is 16.1. The minimum atomic E-state index is -1.16. The van der Waals surface area contributed by atoms with E-state index in [1.165, 1.54) is 6.92 Å². The summed E-state index contributed by atoms with van der Waals surface area (Å²) in [6.45, 7) is 6.94. The van der Waals surface area contributed by atoms with Crippen LogP contribution in [0.2, 0.25) is 0 Å². The molecule has 0 aliphatic carbocycles. The van der Waals surface area contributed by atoms with Crippen molar-refractivity contribution >= 4 is 12.3 Å². The normalized spacial score (nSPS) is 13.2. The van der Waals surface area contributed by atoms with Crippen molar-refractivity contribution in [1.29, 1.82) is 0 Å². The Morgan fingerprint density at radius 3 is 1.83 bits per heavy atom. The van der Waals surface area contributed by atoms with E-state index in [-0.39, 0.29) is 70.2 Å². The number of allylic oxidation sites excluding steroid dienone is 11. The second-order valence-electron chi connectivity index (χ2n) is 4.63.